The second kappa shape index (κ2) is 3.95. The van der Waals surface area contributed by atoms with Crippen LogP contribution in [-0.2, 0) is 6.54 Å². The predicted octanol–water partition coefficient (Wildman–Crippen LogP) is 0.312. The topological polar surface area (TPSA) is 78.8 Å². The molecule has 15 heavy (non-hydrogen) atoms. The molecule has 0 aliphatic carbocycles. The summed E-state index contributed by atoms with van der Waals surface area (Å²) in [5, 5.41) is 3.98. The lowest BCUT2D eigenvalue weighted by Gasteiger charge is -2.06. The Morgan fingerprint density at radius 2 is 2.40 bits per heavy atom. The number of hydrogen-bond donors (Lipinski definition) is 1. The highest BCUT2D eigenvalue weighted by Crippen LogP contribution is 2.16. The monoisotopic (exact) mass is 205 g/mol. The zero-order chi connectivity index (χ0) is 10.7. The number of pyridine rings is 1. The number of ether oxygens (including phenoxy) is 1. The third-order valence-corrected chi connectivity index (χ3v) is 1.97. The summed E-state index contributed by atoms with van der Waals surface area (Å²) < 4.78 is 6.83. The Morgan fingerprint density at radius 3 is 3.07 bits per heavy atom. The minimum Gasteiger partial charge on any atom is -0.496 e. The molecular formula is C9H11N5O. The smallest absolute Gasteiger partial charge is 0.239 e. The second-order valence-corrected chi connectivity index (χ2v) is 2.99. The quantitative estimate of drug-likeness (QED) is 0.780. The fraction of sp³-hybridized carbons (Fsp3) is 0.222. The summed E-state index contributed by atoms with van der Waals surface area (Å²) in [6.45, 7) is 0.543. The van der Waals surface area contributed by atoms with Gasteiger partial charge in [0.15, 0.2) is 0 Å². The normalized spacial score (nSPS) is 10.2. The summed E-state index contributed by atoms with van der Waals surface area (Å²) in [4.78, 5) is 7.86. The standard InChI is InChI=1S/C9H11N5O/c1-15-8-2-3-11-4-7(8)5-14-6-12-9(10)13-14/h2-4,6H,5H2,1H3,(H2,10,13). The fourth-order valence-electron chi connectivity index (χ4n) is 1.29. The number of nitrogens with two attached hydrogens (primary N) is 1. The molecular weight excluding hydrogens is 194 g/mol. The van der Waals surface area contributed by atoms with E-state index >= 15 is 0 Å². The van der Waals surface area contributed by atoms with Gasteiger partial charge in [-0.3, -0.25) is 4.98 Å². The van der Waals surface area contributed by atoms with E-state index in [4.69, 9.17) is 10.5 Å². The van der Waals surface area contributed by atoms with Gasteiger partial charge >= 0.3 is 0 Å². The predicted molar refractivity (Wildman–Crippen MR) is 54.3 cm³/mol. The van der Waals surface area contributed by atoms with Crippen molar-refractivity contribution in [2.45, 2.75) is 6.54 Å². The highest BCUT2D eigenvalue weighted by atomic mass is 16.5. The van der Waals surface area contributed by atoms with E-state index in [0.29, 0.717) is 6.54 Å². The fourth-order valence-corrected chi connectivity index (χ4v) is 1.29. The number of aromatic nitrogens is 4. The molecule has 0 fully saturated rings. The van der Waals surface area contributed by atoms with E-state index in [1.807, 2.05) is 0 Å². The highest BCUT2D eigenvalue weighted by Gasteiger charge is 2.04. The van der Waals surface area contributed by atoms with Crippen molar-refractivity contribution in [3.05, 3.63) is 30.4 Å². The van der Waals surface area contributed by atoms with Crippen LogP contribution >= 0.6 is 0 Å². The average Bonchev–Trinajstić information content (AvgIpc) is 2.65. The van der Waals surface area contributed by atoms with E-state index < -0.39 is 0 Å². The first kappa shape index (κ1) is 9.45. The van der Waals surface area contributed by atoms with Crippen molar-refractivity contribution in [3.63, 3.8) is 0 Å². The number of rotatable bonds is 3. The Kier molecular flexibility index (Phi) is 2.49. The third-order valence-electron chi connectivity index (χ3n) is 1.97. The average molecular weight is 205 g/mol. The molecule has 0 saturated heterocycles. The first-order valence-corrected chi connectivity index (χ1v) is 4.41. The van der Waals surface area contributed by atoms with Crippen molar-refractivity contribution in [1.82, 2.24) is 19.7 Å². The van der Waals surface area contributed by atoms with Gasteiger partial charge in [0.2, 0.25) is 5.95 Å². The molecule has 6 heteroatoms. The SMILES string of the molecule is COc1ccncc1Cn1cnc(N)n1. The number of nitrogens with zero attached hydrogens (tertiary/aromatic N) is 4. The number of methoxy groups -OCH3 is 1. The highest BCUT2D eigenvalue weighted by molar-refractivity contribution is 5.30. The van der Waals surface area contributed by atoms with Crippen molar-refractivity contribution >= 4 is 5.95 Å². The van der Waals surface area contributed by atoms with Crippen molar-refractivity contribution in [3.8, 4) is 5.75 Å². The molecule has 0 atom stereocenters. The van der Waals surface area contributed by atoms with Crippen LogP contribution in [0, 0.1) is 0 Å². The Morgan fingerprint density at radius 1 is 1.53 bits per heavy atom. The first-order valence-electron chi connectivity index (χ1n) is 4.41. The molecule has 0 bridgehead atoms. The molecule has 6 nitrogen and oxygen atoms in total. The summed E-state index contributed by atoms with van der Waals surface area (Å²) in [6.07, 6.45) is 4.98. The summed E-state index contributed by atoms with van der Waals surface area (Å²) in [6, 6.07) is 1.80. The summed E-state index contributed by atoms with van der Waals surface area (Å²) >= 11 is 0. The third kappa shape index (κ3) is 2.04. The molecule has 0 amide bonds. The van der Waals surface area contributed by atoms with Crippen LogP contribution in [0.25, 0.3) is 0 Å². The van der Waals surface area contributed by atoms with Gasteiger partial charge in [0.1, 0.15) is 12.1 Å². The lowest BCUT2D eigenvalue weighted by atomic mass is 10.2. The van der Waals surface area contributed by atoms with Crippen LogP contribution in [0.2, 0.25) is 0 Å². The van der Waals surface area contributed by atoms with Crippen LogP contribution in [-0.4, -0.2) is 26.9 Å². The molecule has 2 N–H and O–H groups in total. The Hall–Kier alpha value is -2.11. The molecule has 0 spiro atoms. The minimum atomic E-state index is 0.262. The van der Waals surface area contributed by atoms with E-state index in [-0.39, 0.29) is 5.95 Å². The van der Waals surface area contributed by atoms with Crippen LogP contribution in [0.1, 0.15) is 5.56 Å². The zero-order valence-corrected chi connectivity index (χ0v) is 8.29. The summed E-state index contributed by atoms with van der Waals surface area (Å²) in [5.41, 5.74) is 6.35. The lowest BCUT2D eigenvalue weighted by molar-refractivity contribution is 0.406. The molecule has 2 rings (SSSR count). The van der Waals surface area contributed by atoms with E-state index in [0.717, 1.165) is 11.3 Å². The van der Waals surface area contributed by atoms with E-state index in [9.17, 15) is 0 Å². The number of hydrogen-bond acceptors (Lipinski definition) is 5. The summed E-state index contributed by atoms with van der Waals surface area (Å²) in [5.74, 6) is 1.04. The van der Waals surface area contributed by atoms with Crippen molar-refractivity contribution in [2.75, 3.05) is 12.8 Å². The van der Waals surface area contributed by atoms with Gasteiger partial charge in [0, 0.05) is 18.0 Å². The minimum absolute atomic E-state index is 0.262. The Bertz CT molecular complexity index is 453. The van der Waals surface area contributed by atoms with Crippen LogP contribution in [0.5, 0.6) is 5.75 Å². The lowest BCUT2D eigenvalue weighted by Crippen LogP contribution is -2.03. The van der Waals surface area contributed by atoms with Gasteiger partial charge in [-0.1, -0.05) is 0 Å². The van der Waals surface area contributed by atoms with Crippen molar-refractivity contribution in [1.29, 1.82) is 0 Å². The molecule has 0 unspecified atom stereocenters. The van der Waals surface area contributed by atoms with E-state index in [1.165, 1.54) is 0 Å². The molecule has 0 radical (unpaired) electrons. The van der Waals surface area contributed by atoms with Crippen LogP contribution in [0.3, 0.4) is 0 Å². The summed E-state index contributed by atoms with van der Waals surface area (Å²) in [7, 11) is 1.62. The first-order chi connectivity index (χ1) is 7.29. The largest absolute Gasteiger partial charge is 0.496 e. The van der Waals surface area contributed by atoms with Gasteiger partial charge in [-0.05, 0) is 6.07 Å². The number of anilines is 1. The Balaban J connectivity index is 2.23. The maximum Gasteiger partial charge on any atom is 0.239 e. The Labute approximate surface area is 86.7 Å². The molecule has 0 aliphatic heterocycles. The van der Waals surface area contributed by atoms with Gasteiger partial charge in [0.05, 0.1) is 13.7 Å². The molecule has 2 aromatic rings. The van der Waals surface area contributed by atoms with Crippen LogP contribution < -0.4 is 10.5 Å². The van der Waals surface area contributed by atoms with Gasteiger partial charge < -0.3 is 10.5 Å². The van der Waals surface area contributed by atoms with Gasteiger partial charge in [-0.2, -0.15) is 0 Å². The maximum absolute atomic E-state index is 5.41. The van der Waals surface area contributed by atoms with E-state index in [1.54, 1.807) is 36.6 Å². The van der Waals surface area contributed by atoms with Gasteiger partial charge in [-0.25, -0.2) is 9.67 Å². The van der Waals surface area contributed by atoms with E-state index in [2.05, 4.69) is 15.1 Å². The van der Waals surface area contributed by atoms with Crippen LogP contribution in [0.15, 0.2) is 24.8 Å². The van der Waals surface area contributed by atoms with Gasteiger partial charge in [0.25, 0.3) is 0 Å². The molecule has 0 aromatic carbocycles. The second-order valence-electron chi connectivity index (χ2n) is 2.99. The van der Waals surface area contributed by atoms with Crippen molar-refractivity contribution in [2.24, 2.45) is 0 Å². The molecule has 0 aliphatic rings. The molecule has 78 valence electrons. The number of nitrogen functional groups attached to an aromatic ring is 1. The molecule has 0 saturated carbocycles. The van der Waals surface area contributed by atoms with Crippen LogP contribution in [0.4, 0.5) is 5.95 Å². The molecule has 2 heterocycles. The molecule has 2 aromatic heterocycles. The van der Waals surface area contributed by atoms with Gasteiger partial charge in [-0.15, -0.1) is 5.10 Å². The maximum atomic E-state index is 5.41. The zero-order valence-electron chi connectivity index (χ0n) is 8.29. The van der Waals surface area contributed by atoms with Crippen molar-refractivity contribution < 1.29 is 4.74 Å².